The lowest BCUT2D eigenvalue weighted by molar-refractivity contribution is 0.0371. The molecule has 0 aromatic rings. The molecule has 1 heterocycles. The molecule has 1 nitrogen and oxygen atoms in total. The van der Waals surface area contributed by atoms with E-state index in [1.165, 1.54) is 45.1 Å². The number of nitrogens with zero attached hydrogens (tertiary/aromatic N) is 1. The van der Waals surface area contributed by atoms with Crippen molar-refractivity contribution in [3.63, 3.8) is 0 Å². The number of likely N-dealkylation sites (tertiary alicyclic amines) is 1. The zero-order valence-electron chi connectivity index (χ0n) is 9.13. The summed E-state index contributed by atoms with van der Waals surface area (Å²) in [5, 5.41) is 0. The first-order chi connectivity index (χ1) is 6.29. The minimum Gasteiger partial charge on any atom is -0.298 e. The molecule has 1 saturated heterocycles. The SMILES string of the molecule is C.CC(C)N1CCCC2CCCCC21. The Hall–Kier alpha value is -0.0400. The van der Waals surface area contributed by atoms with Gasteiger partial charge in [-0.25, -0.2) is 0 Å². The van der Waals surface area contributed by atoms with E-state index in [0.29, 0.717) is 0 Å². The van der Waals surface area contributed by atoms with Crippen LogP contribution in [-0.2, 0) is 0 Å². The van der Waals surface area contributed by atoms with Crippen molar-refractivity contribution in [1.82, 2.24) is 4.90 Å². The largest absolute Gasteiger partial charge is 0.298 e. The van der Waals surface area contributed by atoms with E-state index in [0.717, 1.165) is 18.0 Å². The van der Waals surface area contributed by atoms with Crippen molar-refractivity contribution in [2.24, 2.45) is 5.92 Å². The summed E-state index contributed by atoms with van der Waals surface area (Å²) in [6.45, 7) is 6.08. The van der Waals surface area contributed by atoms with Crippen LogP contribution in [0.1, 0.15) is 59.8 Å². The quantitative estimate of drug-likeness (QED) is 0.620. The normalized spacial score (nSPS) is 33.6. The Balaban J connectivity index is 0.000000980. The van der Waals surface area contributed by atoms with Gasteiger partial charge in [-0.2, -0.15) is 0 Å². The molecule has 1 saturated carbocycles. The molecule has 0 spiro atoms. The summed E-state index contributed by atoms with van der Waals surface area (Å²) in [6.07, 6.45) is 8.90. The number of piperidine rings is 1. The van der Waals surface area contributed by atoms with Gasteiger partial charge in [0, 0.05) is 12.1 Å². The fourth-order valence-electron chi connectivity index (χ4n) is 3.30. The van der Waals surface area contributed by atoms with Gasteiger partial charge in [0.05, 0.1) is 0 Å². The van der Waals surface area contributed by atoms with Crippen LogP contribution in [-0.4, -0.2) is 23.5 Å². The van der Waals surface area contributed by atoms with E-state index >= 15 is 0 Å². The zero-order valence-corrected chi connectivity index (χ0v) is 9.13. The predicted molar refractivity (Wildman–Crippen MR) is 63.6 cm³/mol. The van der Waals surface area contributed by atoms with Crippen LogP contribution >= 0.6 is 0 Å². The van der Waals surface area contributed by atoms with Crippen LogP contribution in [0.4, 0.5) is 0 Å². The number of hydrogen-bond donors (Lipinski definition) is 0. The van der Waals surface area contributed by atoms with Crippen molar-refractivity contribution < 1.29 is 0 Å². The van der Waals surface area contributed by atoms with Gasteiger partial charge < -0.3 is 0 Å². The van der Waals surface area contributed by atoms with Crippen molar-refractivity contribution in [2.45, 2.75) is 71.9 Å². The molecular formula is C13H27N. The topological polar surface area (TPSA) is 3.24 Å². The third kappa shape index (κ3) is 2.31. The third-order valence-electron chi connectivity index (χ3n) is 3.95. The standard InChI is InChI=1S/C12H23N.CH4/c1-10(2)13-9-5-7-11-6-3-4-8-12(11)13;/h10-12H,3-9H2,1-2H3;1H4. The summed E-state index contributed by atoms with van der Waals surface area (Å²) in [5.74, 6) is 1.05. The second kappa shape index (κ2) is 5.16. The second-order valence-electron chi connectivity index (χ2n) is 5.09. The Morgan fingerprint density at radius 3 is 2.36 bits per heavy atom. The molecule has 0 bridgehead atoms. The van der Waals surface area contributed by atoms with Crippen molar-refractivity contribution in [1.29, 1.82) is 0 Å². The van der Waals surface area contributed by atoms with E-state index in [9.17, 15) is 0 Å². The van der Waals surface area contributed by atoms with Gasteiger partial charge in [-0.3, -0.25) is 4.90 Å². The minimum atomic E-state index is 0. The highest BCUT2D eigenvalue weighted by Crippen LogP contribution is 2.35. The van der Waals surface area contributed by atoms with Gasteiger partial charge in [0.1, 0.15) is 0 Å². The first-order valence-corrected chi connectivity index (χ1v) is 6.05. The summed E-state index contributed by atoms with van der Waals surface area (Å²) >= 11 is 0. The van der Waals surface area contributed by atoms with Gasteiger partial charge in [0.15, 0.2) is 0 Å². The van der Waals surface area contributed by atoms with Crippen LogP contribution in [0.3, 0.4) is 0 Å². The van der Waals surface area contributed by atoms with E-state index in [1.54, 1.807) is 0 Å². The molecule has 2 unspecified atom stereocenters. The van der Waals surface area contributed by atoms with Crippen molar-refractivity contribution in [3.05, 3.63) is 0 Å². The molecule has 2 fully saturated rings. The second-order valence-corrected chi connectivity index (χ2v) is 5.09. The van der Waals surface area contributed by atoms with E-state index in [2.05, 4.69) is 18.7 Å². The Morgan fingerprint density at radius 2 is 1.64 bits per heavy atom. The molecule has 14 heavy (non-hydrogen) atoms. The van der Waals surface area contributed by atoms with Crippen LogP contribution in [0, 0.1) is 5.92 Å². The smallest absolute Gasteiger partial charge is 0.0126 e. The van der Waals surface area contributed by atoms with E-state index < -0.39 is 0 Å². The highest BCUT2D eigenvalue weighted by Gasteiger charge is 2.33. The van der Waals surface area contributed by atoms with Gasteiger partial charge in [-0.15, -0.1) is 0 Å². The summed E-state index contributed by atoms with van der Waals surface area (Å²) in [6, 6.07) is 1.72. The third-order valence-corrected chi connectivity index (χ3v) is 3.95. The fourth-order valence-corrected chi connectivity index (χ4v) is 3.30. The highest BCUT2D eigenvalue weighted by atomic mass is 15.2. The highest BCUT2D eigenvalue weighted by molar-refractivity contribution is 4.88. The van der Waals surface area contributed by atoms with Crippen molar-refractivity contribution in [3.8, 4) is 0 Å². The molecule has 0 aromatic heterocycles. The van der Waals surface area contributed by atoms with Crippen LogP contribution in [0.5, 0.6) is 0 Å². The molecule has 84 valence electrons. The Morgan fingerprint density at radius 1 is 1.00 bits per heavy atom. The first-order valence-electron chi connectivity index (χ1n) is 6.05. The number of rotatable bonds is 1. The maximum atomic E-state index is 2.76. The van der Waals surface area contributed by atoms with Crippen molar-refractivity contribution >= 4 is 0 Å². The Bertz CT molecular complexity index is 163. The molecule has 1 heteroatoms. The summed E-state index contributed by atoms with van der Waals surface area (Å²) in [5.41, 5.74) is 0. The molecule has 0 aromatic carbocycles. The van der Waals surface area contributed by atoms with Crippen LogP contribution < -0.4 is 0 Å². The van der Waals surface area contributed by atoms with E-state index in [1.807, 2.05) is 0 Å². The molecule has 2 rings (SSSR count). The van der Waals surface area contributed by atoms with Crippen molar-refractivity contribution in [2.75, 3.05) is 6.54 Å². The molecular weight excluding hydrogens is 170 g/mol. The molecule has 0 N–H and O–H groups in total. The Kier molecular flexibility index (Phi) is 4.43. The van der Waals surface area contributed by atoms with Gasteiger partial charge in [-0.1, -0.05) is 20.3 Å². The maximum absolute atomic E-state index is 2.76. The monoisotopic (exact) mass is 197 g/mol. The molecule has 2 atom stereocenters. The maximum Gasteiger partial charge on any atom is 0.0126 e. The minimum absolute atomic E-state index is 0. The van der Waals surface area contributed by atoms with Gasteiger partial charge >= 0.3 is 0 Å². The Labute approximate surface area is 89.9 Å². The molecule has 1 aliphatic carbocycles. The lowest BCUT2D eigenvalue weighted by atomic mass is 9.78. The van der Waals surface area contributed by atoms with E-state index in [-0.39, 0.29) is 7.43 Å². The zero-order chi connectivity index (χ0) is 9.26. The van der Waals surface area contributed by atoms with Crippen LogP contribution in [0.25, 0.3) is 0 Å². The predicted octanol–water partition coefficient (Wildman–Crippen LogP) is 3.69. The fraction of sp³-hybridized carbons (Fsp3) is 1.00. The summed E-state index contributed by atoms with van der Waals surface area (Å²) in [4.78, 5) is 2.76. The van der Waals surface area contributed by atoms with Crippen LogP contribution in [0.15, 0.2) is 0 Å². The van der Waals surface area contributed by atoms with Gasteiger partial charge in [0.25, 0.3) is 0 Å². The molecule has 0 radical (unpaired) electrons. The molecule has 0 amide bonds. The van der Waals surface area contributed by atoms with Gasteiger partial charge in [-0.05, 0) is 52.0 Å². The van der Waals surface area contributed by atoms with Crippen LogP contribution in [0.2, 0.25) is 0 Å². The number of fused-ring (bicyclic) bond motifs is 1. The summed E-state index contributed by atoms with van der Waals surface area (Å²) < 4.78 is 0. The lowest BCUT2D eigenvalue weighted by Gasteiger charge is -2.46. The average Bonchev–Trinajstić information content (AvgIpc) is 2.17. The first kappa shape index (κ1) is 12.0. The average molecular weight is 197 g/mol. The summed E-state index contributed by atoms with van der Waals surface area (Å²) in [7, 11) is 0. The molecule has 1 aliphatic heterocycles. The number of hydrogen-bond acceptors (Lipinski definition) is 1. The van der Waals surface area contributed by atoms with Gasteiger partial charge in [0.2, 0.25) is 0 Å². The lowest BCUT2D eigenvalue weighted by Crippen LogP contribution is -2.49. The van der Waals surface area contributed by atoms with E-state index in [4.69, 9.17) is 0 Å². The molecule has 2 aliphatic rings.